The van der Waals surface area contributed by atoms with Gasteiger partial charge in [0.15, 0.2) is 0 Å². The molecule has 0 radical (unpaired) electrons. The Hall–Kier alpha value is -3.33. The van der Waals surface area contributed by atoms with Crippen LogP contribution in [0, 0.1) is 0 Å². The van der Waals surface area contributed by atoms with E-state index in [4.69, 9.17) is 0 Å². The molecule has 0 saturated carbocycles. The van der Waals surface area contributed by atoms with Crippen LogP contribution in [0.25, 0.3) is 5.69 Å². The molecule has 0 saturated heterocycles. The molecule has 7 nitrogen and oxygen atoms in total. The minimum atomic E-state index is -2.88. The van der Waals surface area contributed by atoms with Crippen molar-refractivity contribution >= 4 is 11.6 Å². The third-order valence-electron chi connectivity index (χ3n) is 4.48. The number of nitrogens with zero attached hydrogens (tertiary/aromatic N) is 4. The summed E-state index contributed by atoms with van der Waals surface area (Å²) in [5, 5.41) is 6.84. The number of rotatable bonds is 8. The van der Waals surface area contributed by atoms with Gasteiger partial charge in [0.25, 0.3) is 0 Å². The van der Waals surface area contributed by atoms with E-state index in [9.17, 15) is 13.6 Å². The van der Waals surface area contributed by atoms with Crippen LogP contribution >= 0.6 is 0 Å². The van der Waals surface area contributed by atoms with E-state index in [1.807, 2.05) is 43.1 Å². The first-order valence-electron chi connectivity index (χ1n) is 8.92. The van der Waals surface area contributed by atoms with Gasteiger partial charge in [-0.1, -0.05) is 12.1 Å². The van der Waals surface area contributed by atoms with Crippen molar-refractivity contribution in [3.63, 3.8) is 0 Å². The predicted molar refractivity (Wildman–Crippen MR) is 104 cm³/mol. The molecule has 1 heterocycles. The van der Waals surface area contributed by atoms with Gasteiger partial charge in [0.05, 0.1) is 12.2 Å². The number of benzene rings is 2. The summed E-state index contributed by atoms with van der Waals surface area (Å²) in [5.74, 6) is -0.167. The lowest BCUT2D eigenvalue weighted by atomic mass is 10.1. The lowest BCUT2D eigenvalue weighted by Gasteiger charge is -2.24. The lowest BCUT2D eigenvalue weighted by molar-refractivity contribution is -0.117. The summed E-state index contributed by atoms with van der Waals surface area (Å²) in [7, 11) is 1.86. The second-order valence-electron chi connectivity index (χ2n) is 6.47. The van der Waals surface area contributed by atoms with Crippen molar-refractivity contribution < 1.29 is 18.3 Å². The molecule has 1 atom stereocenters. The number of likely N-dealkylation sites (N-methyl/N-ethyl adjacent to an activating group) is 1. The van der Waals surface area contributed by atoms with E-state index in [0.29, 0.717) is 5.69 Å². The molecular formula is C20H21F2N5O2. The first-order valence-corrected chi connectivity index (χ1v) is 8.92. The Morgan fingerprint density at radius 3 is 2.45 bits per heavy atom. The van der Waals surface area contributed by atoms with Crippen LogP contribution in [0.3, 0.4) is 0 Å². The van der Waals surface area contributed by atoms with Gasteiger partial charge in [-0.25, -0.2) is 9.67 Å². The summed E-state index contributed by atoms with van der Waals surface area (Å²) in [4.78, 5) is 18.1. The molecule has 0 aliphatic carbocycles. The van der Waals surface area contributed by atoms with Crippen LogP contribution in [0.5, 0.6) is 5.75 Å². The predicted octanol–water partition coefficient (Wildman–Crippen LogP) is 3.50. The van der Waals surface area contributed by atoms with Gasteiger partial charge in [-0.05, 0) is 55.9 Å². The standard InChI is InChI=1S/C20H21F2N5O2/c1-14(15-3-7-17(8-4-15)27-13-23-12-24-27)26(2)11-19(28)25-16-5-9-18(10-6-16)29-20(21)22/h3-10,12-14,20H,11H2,1-2H3,(H,25,28)/t14-/m0/s1. The van der Waals surface area contributed by atoms with Crippen molar-refractivity contribution in [1.82, 2.24) is 19.7 Å². The van der Waals surface area contributed by atoms with Crippen LogP contribution in [0.15, 0.2) is 61.2 Å². The van der Waals surface area contributed by atoms with Gasteiger partial charge >= 0.3 is 6.61 Å². The van der Waals surface area contributed by atoms with Gasteiger partial charge in [-0.15, -0.1) is 0 Å². The fraction of sp³-hybridized carbons (Fsp3) is 0.250. The zero-order valence-electron chi connectivity index (χ0n) is 16.0. The summed E-state index contributed by atoms with van der Waals surface area (Å²) in [6.45, 7) is -0.703. The van der Waals surface area contributed by atoms with Crippen molar-refractivity contribution in [3.05, 3.63) is 66.7 Å². The van der Waals surface area contributed by atoms with Crippen molar-refractivity contribution in [2.24, 2.45) is 0 Å². The highest BCUT2D eigenvalue weighted by molar-refractivity contribution is 5.92. The number of ether oxygens (including phenoxy) is 1. The van der Waals surface area contributed by atoms with Gasteiger partial charge < -0.3 is 10.1 Å². The normalized spacial score (nSPS) is 12.2. The molecular weight excluding hydrogens is 380 g/mol. The Bertz CT molecular complexity index is 915. The Morgan fingerprint density at radius 2 is 1.86 bits per heavy atom. The van der Waals surface area contributed by atoms with Gasteiger partial charge in [-0.3, -0.25) is 9.69 Å². The third-order valence-corrected chi connectivity index (χ3v) is 4.48. The maximum absolute atomic E-state index is 12.3. The van der Waals surface area contributed by atoms with Gasteiger partial charge in [0.1, 0.15) is 18.4 Å². The van der Waals surface area contributed by atoms with Crippen LogP contribution in [-0.4, -0.2) is 45.8 Å². The molecule has 1 aromatic heterocycles. The van der Waals surface area contributed by atoms with Crippen LogP contribution in [-0.2, 0) is 4.79 Å². The minimum Gasteiger partial charge on any atom is -0.435 e. The number of alkyl halides is 2. The zero-order chi connectivity index (χ0) is 20.8. The molecule has 0 spiro atoms. The summed E-state index contributed by atoms with van der Waals surface area (Å²) >= 11 is 0. The smallest absolute Gasteiger partial charge is 0.387 e. The molecule has 3 aromatic rings. The van der Waals surface area contributed by atoms with Crippen LogP contribution in [0.1, 0.15) is 18.5 Å². The Labute approximate surface area is 166 Å². The second-order valence-corrected chi connectivity index (χ2v) is 6.47. The lowest BCUT2D eigenvalue weighted by Crippen LogP contribution is -2.32. The fourth-order valence-electron chi connectivity index (χ4n) is 2.79. The summed E-state index contributed by atoms with van der Waals surface area (Å²) in [5.41, 5.74) is 2.46. The molecule has 0 aliphatic rings. The third kappa shape index (κ3) is 5.58. The highest BCUT2D eigenvalue weighted by Gasteiger charge is 2.15. The van der Waals surface area contributed by atoms with Crippen molar-refractivity contribution in [2.75, 3.05) is 18.9 Å². The number of carbonyl (C=O) groups is 1. The monoisotopic (exact) mass is 401 g/mol. The number of halogens is 2. The SMILES string of the molecule is C[C@@H](c1ccc(-n2cncn2)cc1)N(C)CC(=O)Nc1ccc(OC(F)F)cc1. The highest BCUT2D eigenvalue weighted by atomic mass is 19.3. The van der Waals surface area contributed by atoms with Crippen molar-refractivity contribution in [1.29, 1.82) is 0 Å². The van der Waals surface area contributed by atoms with E-state index in [1.54, 1.807) is 11.0 Å². The average molecular weight is 401 g/mol. The van der Waals surface area contributed by atoms with Crippen LogP contribution < -0.4 is 10.1 Å². The van der Waals surface area contributed by atoms with E-state index in [1.165, 1.54) is 30.6 Å². The molecule has 0 aliphatic heterocycles. The highest BCUT2D eigenvalue weighted by Crippen LogP contribution is 2.21. The van der Waals surface area contributed by atoms with Gasteiger partial charge in [0.2, 0.25) is 5.91 Å². The molecule has 0 bridgehead atoms. The fourth-order valence-corrected chi connectivity index (χ4v) is 2.79. The number of amides is 1. The molecule has 152 valence electrons. The molecule has 0 fully saturated rings. The van der Waals surface area contributed by atoms with E-state index in [-0.39, 0.29) is 24.2 Å². The first-order chi connectivity index (χ1) is 13.9. The molecule has 29 heavy (non-hydrogen) atoms. The molecule has 3 rings (SSSR count). The van der Waals surface area contributed by atoms with E-state index < -0.39 is 6.61 Å². The summed E-state index contributed by atoms with van der Waals surface area (Å²) in [6, 6.07) is 13.6. The quantitative estimate of drug-likeness (QED) is 0.626. The van der Waals surface area contributed by atoms with Crippen LogP contribution in [0.2, 0.25) is 0 Å². The van der Waals surface area contributed by atoms with E-state index in [0.717, 1.165) is 11.3 Å². The first kappa shape index (κ1) is 20.4. The topological polar surface area (TPSA) is 72.3 Å². The number of anilines is 1. The summed E-state index contributed by atoms with van der Waals surface area (Å²) < 4.78 is 30.3. The number of carbonyl (C=O) groups excluding carboxylic acids is 1. The van der Waals surface area contributed by atoms with Gasteiger partial charge in [-0.2, -0.15) is 13.9 Å². The number of hydrogen-bond donors (Lipinski definition) is 1. The molecule has 9 heteroatoms. The van der Waals surface area contributed by atoms with Crippen molar-refractivity contribution in [2.45, 2.75) is 19.6 Å². The Kier molecular flexibility index (Phi) is 6.50. The summed E-state index contributed by atoms with van der Waals surface area (Å²) in [6.07, 6.45) is 3.10. The van der Waals surface area contributed by atoms with Crippen LogP contribution in [0.4, 0.5) is 14.5 Å². The molecule has 0 unspecified atom stereocenters. The van der Waals surface area contributed by atoms with E-state index in [2.05, 4.69) is 20.1 Å². The largest absolute Gasteiger partial charge is 0.435 e. The van der Waals surface area contributed by atoms with Gasteiger partial charge in [0, 0.05) is 11.7 Å². The average Bonchev–Trinajstić information content (AvgIpc) is 3.23. The van der Waals surface area contributed by atoms with Crippen molar-refractivity contribution in [3.8, 4) is 11.4 Å². The molecule has 2 aromatic carbocycles. The Morgan fingerprint density at radius 1 is 1.17 bits per heavy atom. The number of hydrogen-bond acceptors (Lipinski definition) is 5. The Balaban J connectivity index is 1.54. The maximum atomic E-state index is 12.3. The second kappa shape index (κ2) is 9.24. The zero-order valence-corrected chi connectivity index (χ0v) is 16.0. The molecule has 1 N–H and O–H groups in total. The number of aromatic nitrogens is 3. The number of nitrogens with one attached hydrogen (secondary N) is 1. The van der Waals surface area contributed by atoms with E-state index >= 15 is 0 Å². The maximum Gasteiger partial charge on any atom is 0.387 e. The molecule has 1 amide bonds. The minimum absolute atomic E-state index is 0.00682.